The van der Waals surface area contributed by atoms with Crippen molar-refractivity contribution in [1.29, 1.82) is 0 Å². The molecule has 0 aliphatic carbocycles. The number of urea groups is 1. The second-order valence-electron chi connectivity index (χ2n) is 5.68. The van der Waals surface area contributed by atoms with Gasteiger partial charge in [0.05, 0.1) is 0 Å². The van der Waals surface area contributed by atoms with E-state index in [1.807, 2.05) is 30.3 Å². The van der Waals surface area contributed by atoms with Crippen molar-refractivity contribution in [3.8, 4) is 0 Å². The first-order chi connectivity index (χ1) is 11.2. The van der Waals surface area contributed by atoms with Crippen molar-refractivity contribution in [2.75, 3.05) is 37.6 Å². The number of nitrogens with zero attached hydrogens (tertiary/aromatic N) is 2. The van der Waals surface area contributed by atoms with Gasteiger partial charge in [-0.1, -0.05) is 18.2 Å². The molecule has 0 aromatic heterocycles. The van der Waals surface area contributed by atoms with E-state index in [0.717, 1.165) is 5.69 Å². The highest BCUT2D eigenvalue weighted by molar-refractivity contribution is 6.09. The summed E-state index contributed by atoms with van der Waals surface area (Å²) >= 11 is 0. The molecule has 0 spiro atoms. The number of anilines is 1. The predicted molar refractivity (Wildman–Crippen MR) is 84.9 cm³/mol. The summed E-state index contributed by atoms with van der Waals surface area (Å²) in [6.45, 7) is 2.66. The Labute approximate surface area is 134 Å². The Balaban J connectivity index is 1.50. The molecule has 0 bridgehead atoms. The number of amides is 4. The van der Waals surface area contributed by atoms with Crippen molar-refractivity contribution in [3.63, 3.8) is 0 Å². The third-order valence-electron chi connectivity index (χ3n) is 4.22. The first-order valence-corrected chi connectivity index (χ1v) is 7.84. The minimum absolute atomic E-state index is 0.105. The largest absolute Gasteiger partial charge is 0.354 e. The molecule has 0 saturated carbocycles. The molecular weight excluding hydrogens is 296 g/mol. The van der Waals surface area contributed by atoms with E-state index >= 15 is 0 Å². The van der Waals surface area contributed by atoms with E-state index in [-0.39, 0.29) is 17.8 Å². The van der Waals surface area contributed by atoms with Crippen LogP contribution >= 0.6 is 0 Å². The van der Waals surface area contributed by atoms with Crippen LogP contribution in [0.25, 0.3) is 0 Å². The molecule has 2 aliphatic rings. The molecule has 2 N–H and O–H groups in total. The van der Waals surface area contributed by atoms with Gasteiger partial charge in [0.25, 0.3) is 0 Å². The molecular formula is C16H20N4O3. The molecule has 7 heteroatoms. The molecule has 2 aliphatic heterocycles. The molecule has 0 radical (unpaired) electrons. The van der Waals surface area contributed by atoms with Crippen LogP contribution in [-0.2, 0) is 9.59 Å². The zero-order valence-electron chi connectivity index (χ0n) is 12.8. The van der Waals surface area contributed by atoms with Gasteiger partial charge in [0.15, 0.2) is 0 Å². The van der Waals surface area contributed by atoms with Crippen LogP contribution in [0.4, 0.5) is 10.5 Å². The first kappa shape index (κ1) is 15.3. The Hall–Kier alpha value is -2.57. The summed E-state index contributed by atoms with van der Waals surface area (Å²) in [7, 11) is 0. The summed E-state index contributed by atoms with van der Waals surface area (Å²) in [6, 6.07) is 9.26. The van der Waals surface area contributed by atoms with E-state index in [4.69, 9.17) is 0 Å². The van der Waals surface area contributed by atoms with Gasteiger partial charge in [-0.3, -0.25) is 9.59 Å². The lowest BCUT2D eigenvalue weighted by Gasteiger charge is -2.17. The average molecular weight is 316 g/mol. The maximum atomic E-state index is 12.4. The maximum absolute atomic E-state index is 12.4. The van der Waals surface area contributed by atoms with Crippen LogP contribution < -0.4 is 15.5 Å². The van der Waals surface area contributed by atoms with Gasteiger partial charge in [-0.15, -0.1) is 0 Å². The van der Waals surface area contributed by atoms with E-state index in [1.54, 1.807) is 9.80 Å². The summed E-state index contributed by atoms with van der Waals surface area (Å²) in [4.78, 5) is 39.3. The number of carbonyl (C=O) groups is 3. The molecule has 4 amide bonds. The second kappa shape index (κ2) is 6.68. The highest BCUT2D eigenvalue weighted by Gasteiger charge is 2.37. The van der Waals surface area contributed by atoms with Gasteiger partial charge in [0.2, 0.25) is 11.8 Å². The van der Waals surface area contributed by atoms with Gasteiger partial charge in [0.1, 0.15) is 5.92 Å². The lowest BCUT2D eigenvalue weighted by Crippen LogP contribution is -2.41. The minimum atomic E-state index is -0.636. The van der Waals surface area contributed by atoms with Crippen molar-refractivity contribution < 1.29 is 14.4 Å². The van der Waals surface area contributed by atoms with Crippen LogP contribution in [0.5, 0.6) is 0 Å². The topological polar surface area (TPSA) is 81.8 Å². The molecule has 23 heavy (non-hydrogen) atoms. The maximum Gasteiger partial charge on any atom is 0.317 e. The molecule has 1 atom stereocenters. The molecule has 2 saturated heterocycles. The summed E-state index contributed by atoms with van der Waals surface area (Å²) in [5.74, 6) is -1.05. The number of hydrogen-bond donors (Lipinski definition) is 2. The van der Waals surface area contributed by atoms with E-state index in [1.165, 1.54) is 0 Å². The highest BCUT2D eigenvalue weighted by Crippen LogP contribution is 2.24. The number of para-hydroxylation sites is 1. The minimum Gasteiger partial charge on any atom is -0.354 e. The van der Waals surface area contributed by atoms with E-state index < -0.39 is 5.92 Å². The fraction of sp³-hybridized carbons (Fsp3) is 0.438. The third kappa shape index (κ3) is 3.28. The molecule has 7 nitrogen and oxygen atoms in total. The van der Waals surface area contributed by atoms with Crippen molar-refractivity contribution in [2.24, 2.45) is 5.92 Å². The highest BCUT2D eigenvalue weighted by atomic mass is 16.2. The normalized spacial score (nSPS) is 20.8. The summed E-state index contributed by atoms with van der Waals surface area (Å²) in [5.41, 5.74) is 0.821. The number of rotatable bonds is 5. The first-order valence-electron chi connectivity index (χ1n) is 7.84. The van der Waals surface area contributed by atoms with Crippen LogP contribution in [0.2, 0.25) is 0 Å². The lowest BCUT2D eigenvalue weighted by molar-refractivity contribution is -0.132. The summed E-state index contributed by atoms with van der Waals surface area (Å²) < 4.78 is 0. The number of nitrogens with one attached hydrogen (secondary N) is 2. The van der Waals surface area contributed by atoms with Crippen molar-refractivity contribution in [2.45, 2.75) is 6.42 Å². The van der Waals surface area contributed by atoms with Crippen LogP contribution in [0.3, 0.4) is 0 Å². The molecule has 2 heterocycles. The fourth-order valence-electron chi connectivity index (χ4n) is 2.95. The Bertz CT molecular complexity index is 605. The summed E-state index contributed by atoms with van der Waals surface area (Å²) in [6.07, 6.45) is 0.518. The fourth-order valence-corrected chi connectivity index (χ4v) is 2.95. The Kier molecular flexibility index (Phi) is 4.45. The molecule has 122 valence electrons. The quantitative estimate of drug-likeness (QED) is 0.760. The smallest absolute Gasteiger partial charge is 0.317 e. The number of carbonyl (C=O) groups excluding carboxylic acids is 3. The van der Waals surface area contributed by atoms with Crippen molar-refractivity contribution >= 4 is 23.5 Å². The van der Waals surface area contributed by atoms with Gasteiger partial charge >= 0.3 is 6.03 Å². The number of benzene rings is 1. The van der Waals surface area contributed by atoms with Gasteiger partial charge < -0.3 is 20.4 Å². The SMILES string of the molecule is O=C(NCCN1CCNC1=O)C1CCN(c2ccccc2)C1=O. The lowest BCUT2D eigenvalue weighted by atomic mass is 10.1. The zero-order chi connectivity index (χ0) is 16.2. The zero-order valence-corrected chi connectivity index (χ0v) is 12.8. The van der Waals surface area contributed by atoms with E-state index in [9.17, 15) is 14.4 Å². The standard InChI is InChI=1S/C16H20N4O3/c21-14(17-7-10-19-11-8-18-16(19)23)13-6-9-20(15(13)22)12-4-2-1-3-5-12/h1-5,13H,6-11H2,(H,17,21)(H,18,23). The van der Waals surface area contributed by atoms with E-state index in [0.29, 0.717) is 39.1 Å². The Morgan fingerprint density at radius 3 is 2.70 bits per heavy atom. The summed E-state index contributed by atoms with van der Waals surface area (Å²) in [5, 5.41) is 5.47. The monoisotopic (exact) mass is 316 g/mol. The van der Waals surface area contributed by atoms with Crippen LogP contribution in [0, 0.1) is 5.92 Å². The molecule has 3 rings (SSSR count). The third-order valence-corrected chi connectivity index (χ3v) is 4.22. The average Bonchev–Trinajstić information content (AvgIpc) is 3.14. The van der Waals surface area contributed by atoms with Gasteiger partial charge in [0, 0.05) is 38.4 Å². The van der Waals surface area contributed by atoms with Crippen molar-refractivity contribution in [3.05, 3.63) is 30.3 Å². The molecule has 1 unspecified atom stereocenters. The predicted octanol–water partition coefficient (Wildman–Crippen LogP) is 0.181. The Morgan fingerprint density at radius 1 is 1.22 bits per heavy atom. The molecule has 1 aromatic carbocycles. The van der Waals surface area contributed by atoms with Crippen LogP contribution in [0.1, 0.15) is 6.42 Å². The Morgan fingerprint density at radius 2 is 2.00 bits per heavy atom. The second-order valence-corrected chi connectivity index (χ2v) is 5.68. The van der Waals surface area contributed by atoms with Gasteiger partial charge in [-0.25, -0.2) is 4.79 Å². The number of hydrogen-bond acceptors (Lipinski definition) is 3. The van der Waals surface area contributed by atoms with Gasteiger partial charge in [-0.2, -0.15) is 0 Å². The van der Waals surface area contributed by atoms with Crippen LogP contribution in [0.15, 0.2) is 30.3 Å². The van der Waals surface area contributed by atoms with Gasteiger partial charge in [-0.05, 0) is 18.6 Å². The molecule has 2 fully saturated rings. The van der Waals surface area contributed by atoms with Crippen LogP contribution in [-0.4, -0.2) is 55.5 Å². The molecule has 1 aromatic rings. The van der Waals surface area contributed by atoms with E-state index in [2.05, 4.69) is 10.6 Å². The van der Waals surface area contributed by atoms with Crippen molar-refractivity contribution in [1.82, 2.24) is 15.5 Å².